The summed E-state index contributed by atoms with van der Waals surface area (Å²) in [6, 6.07) is 13.1. The number of nitrogens with zero attached hydrogens (tertiary/aromatic N) is 2. The molecule has 2 aromatic carbocycles. The molecule has 5 nitrogen and oxygen atoms in total. The fraction of sp³-hybridized carbons (Fsp3) is 0.316. The Morgan fingerprint density at radius 2 is 1.81 bits per heavy atom. The molecule has 7 heteroatoms. The van der Waals surface area contributed by atoms with Gasteiger partial charge in [0.2, 0.25) is 10.0 Å². The van der Waals surface area contributed by atoms with E-state index >= 15 is 0 Å². The van der Waals surface area contributed by atoms with Crippen LogP contribution in [-0.2, 0) is 10.0 Å². The highest BCUT2D eigenvalue weighted by atomic mass is 32.2. The molecule has 0 spiro atoms. The molecule has 3 rings (SSSR count). The lowest BCUT2D eigenvalue weighted by atomic mass is 10.2. The molecule has 1 saturated heterocycles. The topological polar surface area (TPSA) is 73.2 Å². The van der Waals surface area contributed by atoms with Crippen molar-refractivity contribution in [1.82, 2.24) is 9.62 Å². The minimum absolute atomic E-state index is 0.212. The summed E-state index contributed by atoms with van der Waals surface area (Å²) < 4.78 is 27.9. The Balaban J connectivity index is 2.06. The Morgan fingerprint density at radius 1 is 1.08 bits per heavy atom. The Hall–Kier alpha value is -1.85. The first kappa shape index (κ1) is 18.9. The number of nitrogens with one attached hydrogen (secondary N) is 1. The first-order chi connectivity index (χ1) is 12.4. The van der Waals surface area contributed by atoms with Crippen molar-refractivity contribution in [1.29, 1.82) is 5.26 Å². The number of hydrogen-bond donors (Lipinski definition) is 1. The van der Waals surface area contributed by atoms with E-state index in [9.17, 15) is 13.7 Å². The molecule has 1 aliphatic heterocycles. The summed E-state index contributed by atoms with van der Waals surface area (Å²) >= 11 is 1.43. The molecule has 136 valence electrons. The molecule has 1 heterocycles. The van der Waals surface area contributed by atoms with Gasteiger partial charge in [-0.2, -0.15) is 9.57 Å². The van der Waals surface area contributed by atoms with Crippen LogP contribution in [0.2, 0.25) is 0 Å². The van der Waals surface area contributed by atoms with Crippen LogP contribution in [0.3, 0.4) is 0 Å². The predicted octanol–water partition coefficient (Wildman–Crippen LogP) is 2.92. The molecule has 0 aliphatic carbocycles. The van der Waals surface area contributed by atoms with Gasteiger partial charge in [0.1, 0.15) is 0 Å². The fourth-order valence-corrected chi connectivity index (χ4v) is 5.81. The molecule has 1 aliphatic rings. The van der Waals surface area contributed by atoms with Crippen LogP contribution in [0.1, 0.15) is 16.7 Å². The fourth-order valence-electron chi connectivity index (χ4n) is 2.82. The summed E-state index contributed by atoms with van der Waals surface area (Å²) in [4.78, 5) is 1.88. The van der Waals surface area contributed by atoms with Gasteiger partial charge in [-0.25, -0.2) is 8.42 Å². The van der Waals surface area contributed by atoms with Gasteiger partial charge >= 0.3 is 0 Å². The summed E-state index contributed by atoms with van der Waals surface area (Å²) in [5, 5.41) is 12.4. The van der Waals surface area contributed by atoms with E-state index in [0.29, 0.717) is 36.6 Å². The standard InChI is InChI=1S/C19H21N3O2S2/c1-14-3-4-15(2)18(11-14)25-17-6-5-16(13-20)12-19(17)26(23,24)22-9-7-21-8-10-22/h3-6,11-12,21H,7-10H2,1-2H3. The lowest BCUT2D eigenvalue weighted by molar-refractivity contribution is 0.359. The zero-order valence-electron chi connectivity index (χ0n) is 14.8. The molecule has 0 radical (unpaired) electrons. The Morgan fingerprint density at radius 3 is 2.50 bits per heavy atom. The summed E-state index contributed by atoms with van der Waals surface area (Å²) in [5.74, 6) is 0. The van der Waals surface area contributed by atoms with Gasteiger partial charge < -0.3 is 5.32 Å². The number of hydrogen-bond acceptors (Lipinski definition) is 5. The third-order valence-electron chi connectivity index (χ3n) is 4.33. The molecular weight excluding hydrogens is 366 g/mol. The van der Waals surface area contributed by atoms with Crippen LogP contribution in [0.25, 0.3) is 0 Å². The predicted molar refractivity (Wildman–Crippen MR) is 103 cm³/mol. The summed E-state index contributed by atoms with van der Waals surface area (Å²) in [5.41, 5.74) is 2.57. The minimum atomic E-state index is -3.65. The van der Waals surface area contributed by atoms with Gasteiger partial charge in [-0.3, -0.25) is 0 Å². The van der Waals surface area contributed by atoms with E-state index in [-0.39, 0.29) is 4.90 Å². The maximum Gasteiger partial charge on any atom is 0.244 e. The van der Waals surface area contributed by atoms with Gasteiger partial charge in [0.05, 0.1) is 16.5 Å². The highest BCUT2D eigenvalue weighted by molar-refractivity contribution is 8.00. The zero-order valence-corrected chi connectivity index (χ0v) is 16.5. The van der Waals surface area contributed by atoms with Gasteiger partial charge in [0.15, 0.2) is 0 Å². The Bertz CT molecular complexity index is 959. The van der Waals surface area contributed by atoms with E-state index in [0.717, 1.165) is 16.0 Å². The molecule has 0 amide bonds. The monoisotopic (exact) mass is 387 g/mol. The van der Waals surface area contributed by atoms with Crippen molar-refractivity contribution >= 4 is 21.8 Å². The van der Waals surface area contributed by atoms with Crippen molar-refractivity contribution in [2.24, 2.45) is 0 Å². The maximum absolute atomic E-state index is 13.2. The number of piperazine rings is 1. The molecule has 0 atom stereocenters. The quantitative estimate of drug-likeness (QED) is 0.873. The van der Waals surface area contributed by atoms with Crippen LogP contribution in [-0.4, -0.2) is 38.9 Å². The van der Waals surface area contributed by atoms with Gasteiger partial charge in [-0.15, -0.1) is 0 Å². The molecule has 0 unspecified atom stereocenters. The second-order valence-electron chi connectivity index (χ2n) is 6.30. The van der Waals surface area contributed by atoms with E-state index in [1.54, 1.807) is 12.1 Å². The molecule has 0 aromatic heterocycles. The lowest BCUT2D eigenvalue weighted by Gasteiger charge is -2.27. The third-order valence-corrected chi connectivity index (χ3v) is 7.63. The van der Waals surface area contributed by atoms with Crippen LogP contribution >= 0.6 is 11.8 Å². The highest BCUT2D eigenvalue weighted by Crippen LogP contribution is 2.36. The van der Waals surface area contributed by atoms with Crippen LogP contribution in [0.4, 0.5) is 0 Å². The van der Waals surface area contributed by atoms with Gasteiger partial charge in [0, 0.05) is 36.0 Å². The van der Waals surface area contributed by atoms with Crippen LogP contribution < -0.4 is 5.32 Å². The average molecular weight is 388 g/mol. The minimum Gasteiger partial charge on any atom is -0.314 e. The van der Waals surface area contributed by atoms with Crippen LogP contribution in [0.5, 0.6) is 0 Å². The molecule has 1 N–H and O–H groups in total. The van der Waals surface area contributed by atoms with E-state index in [1.165, 1.54) is 22.1 Å². The van der Waals surface area contributed by atoms with Gasteiger partial charge in [0.25, 0.3) is 0 Å². The van der Waals surface area contributed by atoms with Crippen molar-refractivity contribution < 1.29 is 8.42 Å². The van der Waals surface area contributed by atoms with E-state index < -0.39 is 10.0 Å². The summed E-state index contributed by atoms with van der Waals surface area (Å²) in [7, 11) is -3.65. The molecular formula is C19H21N3O2S2. The van der Waals surface area contributed by atoms with Crippen molar-refractivity contribution in [3.63, 3.8) is 0 Å². The number of aryl methyl sites for hydroxylation is 2. The van der Waals surface area contributed by atoms with Crippen molar-refractivity contribution in [3.05, 3.63) is 53.1 Å². The number of benzene rings is 2. The van der Waals surface area contributed by atoms with Gasteiger partial charge in [-0.1, -0.05) is 23.9 Å². The summed E-state index contributed by atoms with van der Waals surface area (Å²) in [6.45, 7) is 6.17. The lowest BCUT2D eigenvalue weighted by Crippen LogP contribution is -2.46. The van der Waals surface area contributed by atoms with Gasteiger partial charge in [-0.05, 0) is 49.2 Å². The smallest absolute Gasteiger partial charge is 0.244 e. The number of rotatable bonds is 4. The molecule has 1 fully saturated rings. The first-order valence-electron chi connectivity index (χ1n) is 8.42. The number of sulfonamides is 1. The Labute approximate surface area is 159 Å². The second-order valence-corrected chi connectivity index (χ2v) is 9.29. The number of nitriles is 1. The zero-order chi connectivity index (χ0) is 18.7. The normalized spacial score (nSPS) is 15.6. The maximum atomic E-state index is 13.2. The average Bonchev–Trinajstić information content (AvgIpc) is 2.65. The molecule has 0 bridgehead atoms. The largest absolute Gasteiger partial charge is 0.314 e. The van der Waals surface area contributed by atoms with Crippen LogP contribution in [0.15, 0.2) is 51.1 Å². The van der Waals surface area contributed by atoms with E-state index in [1.807, 2.05) is 32.0 Å². The van der Waals surface area contributed by atoms with Crippen LogP contribution in [0, 0.1) is 25.2 Å². The highest BCUT2D eigenvalue weighted by Gasteiger charge is 2.29. The second kappa shape index (κ2) is 7.80. The molecule has 2 aromatic rings. The van der Waals surface area contributed by atoms with E-state index in [2.05, 4.69) is 11.4 Å². The van der Waals surface area contributed by atoms with E-state index in [4.69, 9.17) is 0 Å². The van der Waals surface area contributed by atoms with Crippen molar-refractivity contribution in [2.75, 3.05) is 26.2 Å². The Kier molecular flexibility index (Phi) is 5.68. The molecule has 0 saturated carbocycles. The SMILES string of the molecule is Cc1ccc(C)c(Sc2ccc(C#N)cc2S(=O)(=O)N2CCNCC2)c1. The third kappa shape index (κ3) is 3.94. The first-order valence-corrected chi connectivity index (χ1v) is 10.7. The van der Waals surface area contributed by atoms with Crippen molar-refractivity contribution in [3.8, 4) is 6.07 Å². The molecule has 26 heavy (non-hydrogen) atoms. The summed E-state index contributed by atoms with van der Waals surface area (Å²) in [6.07, 6.45) is 0. The van der Waals surface area contributed by atoms with Crippen molar-refractivity contribution in [2.45, 2.75) is 28.5 Å².